The number of carbonyl (C=O) groups excluding carboxylic acids is 1. The summed E-state index contributed by atoms with van der Waals surface area (Å²) in [5, 5.41) is 3.30. The number of thiazole rings is 1. The number of aromatic nitrogens is 1. The first-order chi connectivity index (χ1) is 12.3. The predicted molar refractivity (Wildman–Crippen MR) is 103 cm³/mol. The molecule has 140 valence electrons. The molecule has 1 aliphatic heterocycles. The molecule has 1 unspecified atom stereocenters. The lowest BCUT2D eigenvalue weighted by atomic mass is 10.0. The van der Waals surface area contributed by atoms with Crippen molar-refractivity contribution in [2.24, 2.45) is 5.92 Å². The number of amides is 1. The van der Waals surface area contributed by atoms with Gasteiger partial charge in [-0.1, -0.05) is 6.92 Å². The van der Waals surface area contributed by atoms with Crippen LogP contribution >= 0.6 is 11.3 Å². The minimum Gasteiger partial charge on any atom is -0.298 e. The molecule has 1 N–H and O–H groups in total. The fourth-order valence-corrected chi connectivity index (χ4v) is 5.40. The predicted octanol–water partition coefficient (Wildman–Crippen LogP) is 3.43. The number of rotatable bonds is 4. The van der Waals surface area contributed by atoms with E-state index in [1.165, 1.54) is 27.8 Å². The van der Waals surface area contributed by atoms with Gasteiger partial charge in [0.25, 0.3) is 5.91 Å². The highest BCUT2D eigenvalue weighted by molar-refractivity contribution is 7.89. The Bertz CT molecular complexity index is 885. The Morgan fingerprint density at radius 2 is 1.96 bits per heavy atom. The van der Waals surface area contributed by atoms with Gasteiger partial charge in [0.15, 0.2) is 5.13 Å². The molecule has 1 aromatic heterocycles. The van der Waals surface area contributed by atoms with E-state index in [-0.39, 0.29) is 10.8 Å². The molecule has 1 amide bonds. The lowest BCUT2D eigenvalue weighted by molar-refractivity contribution is 0.102. The van der Waals surface area contributed by atoms with E-state index in [0.717, 1.165) is 23.4 Å². The molecule has 3 rings (SSSR count). The largest absolute Gasteiger partial charge is 0.298 e. The van der Waals surface area contributed by atoms with Crippen LogP contribution in [-0.4, -0.2) is 36.7 Å². The Labute approximate surface area is 158 Å². The minimum atomic E-state index is -3.51. The summed E-state index contributed by atoms with van der Waals surface area (Å²) >= 11 is 1.42. The lowest BCUT2D eigenvalue weighted by Crippen LogP contribution is -2.39. The topological polar surface area (TPSA) is 79.4 Å². The van der Waals surface area contributed by atoms with E-state index in [1.54, 1.807) is 12.1 Å². The van der Waals surface area contributed by atoms with Gasteiger partial charge in [-0.25, -0.2) is 13.4 Å². The summed E-state index contributed by atoms with van der Waals surface area (Å²) in [6.07, 6.45) is 1.94. The van der Waals surface area contributed by atoms with Gasteiger partial charge >= 0.3 is 0 Å². The molecular formula is C18H23N3O3S2. The Morgan fingerprint density at radius 3 is 2.54 bits per heavy atom. The number of benzene rings is 1. The van der Waals surface area contributed by atoms with E-state index in [4.69, 9.17) is 0 Å². The van der Waals surface area contributed by atoms with Crippen LogP contribution in [0, 0.1) is 19.8 Å². The summed E-state index contributed by atoms with van der Waals surface area (Å²) in [7, 11) is -3.51. The Balaban J connectivity index is 1.74. The van der Waals surface area contributed by atoms with Crippen LogP contribution in [0.25, 0.3) is 0 Å². The zero-order valence-electron chi connectivity index (χ0n) is 15.2. The molecule has 0 radical (unpaired) electrons. The maximum Gasteiger partial charge on any atom is 0.257 e. The molecule has 1 saturated heterocycles. The SMILES string of the molecule is Cc1nc(NC(=O)c2ccc(S(=O)(=O)N3CCCC(C)C3)cc2)sc1C. The van der Waals surface area contributed by atoms with Crippen LogP contribution in [0.5, 0.6) is 0 Å². The van der Waals surface area contributed by atoms with Crippen molar-refractivity contribution in [3.8, 4) is 0 Å². The maximum absolute atomic E-state index is 12.8. The van der Waals surface area contributed by atoms with Crippen LogP contribution < -0.4 is 5.32 Å². The first-order valence-electron chi connectivity index (χ1n) is 8.63. The fourth-order valence-electron chi connectivity index (χ4n) is 2.99. The molecule has 2 aromatic rings. The standard InChI is InChI=1S/C18H23N3O3S2/c1-12-5-4-10-21(11-12)26(23,24)16-8-6-15(7-9-16)17(22)20-18-19-13(2)14(3)25-18/h6-9,12H,4-5,10-11H2,1-3H3,(H,19,20,22). The van der Waals surface area contributed by atoms with Gasteiger partial charge in [0.05, 0.1) is 10.6 Å². The van der Waals surface area contributed by atoms with E-state index in [9.17, 15) is 13.2 Å². The van der Waals surface area contributed by atoms with Crippen molar-refractivity contribution in [2.75, 3.05) is 18.4 Å². The molecule has 0 saturated carbocycles. The molecule has 0 bridgehead atoms. The smallest absolute Gasteiger partial charge is 0.257 e. The van der Waals surface area contributed by atoms with Crippen LogP contribution in [0.3, 0.4) is 0 Å². The second-order valence-electron chi connectivity index (χ2n) is 6.75. The highest BCUT2D eigenvalue weighted by Crippen LogP contribution is 2.24. The van der Waals surface area contributed by atoms with E-state index in [1.807, 2.05) is 13.8 Å². The van der Waals surface area contributed by atoms with Crippen LogP contribution in [0.15, 0.2) is 29.2 Å². The Morgan fingerprint density at radius 1 is 1.27 bits per heavy atom. The van der Waals surface area contributed by atoms with Crippen molar-refractivity contribution < 1.29 is 13.2 Å². The van der Waals surface area contributed by atoms with Crippen LogP contribution in [0.4, 0.5) is 5.13 Å². The van der Waals surface area contributed by atoms with Crippen LogP contribution in [0.1, 0.15) is 40.7 Å². The minimum absolute atomic E-state index is 0.226. The van der Waals surface area contributed by atoms with Crippen molar-refractivity contribution in [2.45, 2.75) is 38.5 Å². The van der Waals surface area contributed by atoms with Gasteiger partial charge in [-0.15, -0.1) is 11.3 Å². The quantitative estimate of drug-likeness (QED) is 0.863. The molecule has 2 heterocycles. The highest BCUT2D eigenvalue weighted by Gasteiger charge is 2.28. The second kappa shape index (κ2) is 7.46. The maximum atomic E-state index is 12.8. The first kappa shape index (κ1) is 19.0. The molecule has 26 heavy (non-hydrogen) atoms. The van der Waals surface area contributed by atoms with Gasteiger partial charge in [0, 0.05) is 23.5 Å². The van der Waals surface area contributed by atoms with Crippen molar-refractivity contribution in [3.05, 3.63) is 40.4 Å². The zero-order chi connectivity index (χ0) is 18.9. The zero-order valence-corrected chi connectivity index (χ0v) is 16.8. The number of piperidine rings is 1. The first-order valence-corrected chi connectivity index (χ1v) is 10.9. The molecule has 0 spiro atoms. The number of hydrogen-bond donors (Lipinski definition) is 1. The van der Waals surface area contributed by atoms with E-state index >= 15 is 0 Å². The van der Waals surface area contributed by atoms with Gasteiger partial charge in [0.1, 0.15) is 0 Å². The molecule has 1 aliphatic rings. The van der Waals surface area contributed by atoms with Crippen molar-refractivity contribution in [3.63, 3.8) is 0 Å². The number of anilines is 1. The number of hydrogen-bond acceptors (Lipinski definition) is 5. The summed E-state index contributed by atoms with van der Waals surface area (Å²) in [5.41, 5.74) is 1.30. The molecule has 1 aromatic carbocycles. The highest BCUT2D eigenvalue weighted by atomic mass is 32.2. The van der Waals surface area contributed by atoms with Gasteiger partial charge < -0.3 is 0 Å². The van der Waals surface area contributed by atoms with Crippen molar-refractivity contribution in [1.29, 1.82) is 0 Å². The van der Waals surface area contributed by atoms with Gasteiger partial charge in [-0.05, 0) is 56.9 Å². The Kier molecular flexibility index (Phi) is 5.45. The lowest BCUT2D eigenvalue weighted by Gasteiger charge is -2.30. The van der Waals surface area contributed by atoms with E-state index in [0.29, 0.717) is 29.7 Å². The number of carbonyl (C=O) groups is 1. The molecule has 0 aliphatic carbocycles. The monoisotopic (exact) mass is 393 g/mol. The summed E-state index contributed by atoms with van der Waals surface area (Å²) < 4.78 is 27.1. The normalized spacial score (nSPS) is 18.7. The number of nitrogens with one attached hydrogen (secondary N) is 1. The summed E-state index contributed by atoms with van der Waals surface area (Å²) in [5.74, 6) is 0.0723. The summed E-state index contributed by atoms with van der Waals surface area (Å²) in [4.78, 5) is 17.9. The third kappa shape index (κ3) is 3.97. The third-order valence-electron chi connectivity index (χ3n) is 4.62. The molecular weight excluding hydrogens is 370 g/mol. The summed E-state index contributed by atoms with van der Waals surface area (Å²) in [6, 6.07) is 6.09. The molecule has 6 nitrogen and oxygen atoms in total. The fraction of sp³-hybridized carbons (Fsp3) is 0.444. The molecule has 1 fully saturated rings. The van der Waals surface area contributed by atoms with Gasteiger partial charge in [-0.3, -0.25) is 10.1 Å². The number of aryl methyl sites for hydroxylation is 2. The number of sulfonamides is 1. The van der Waals surface area contributed by atoms with Crippen LogP contribution in [0.2, 0.25) is 0 Å². The number of nitrogens with zero attached hydrogens (tertiary/aromatic N) is 2. The summed E-state index contributed by atoms with van der Waals surface area (Å²) in [6.45, 7) is 7.01. The average molecular weight is 394 g/mol. The second-order valence-corrected chi connectivity index (χ2v) is 9.89. The average Bonchev–Trinajstić information content (AvgIpc) is 2.92. The van der Waals surface area contributed by atoms with Crippen LogP contribution in [-0.2, 0) is 10.0 Å². The molecule has 1 atom stereocenters. The van der Waals surface area contributed by atoms with E-state index in [2.05, 4.69) is 17.2 Å². The third-order valence-corrected chi connectivity index (χ3v) is 7.49. The van der Waals surface area contributed by atoms with Gasteiger partial charge in [-0.2, -0.15) is 4.31 Å². The van der Waals surface area contributed by atoms with E-state index < -0.39 is 10.0 Å². The molecule has 8 heteroatoms. The van der Waals surface area contributed by atoms with Crippen molar-refractivity contribution in [1.82, 2.24) is 9.29 Å². The Hall–Kier alpha value is -1.77. The van der Waals surface area contributed by atoms with Crippen molar-refractivity contribution >= 4 is 32.4 Å². The van der Waals surface area contributed by atoms with Gasteiger partial charge in [0.2, 0.25) is 10.0 Å².